The third-order valence-electron chi connectivity index (χ3n) is 2.50. The first-order valence-electron chi connectivity index (χ1n) is 5.68. The van der Waals surface area contributed by atoms with Crippen molar-refractivity contribution in [2.75, 3.05) is 0 Å². The van der Waals surface area contributed by atoms with E-state index in [2.05, 4.69) is 95.6 Å². The monoisotopic (exact) mass is 688 g/mol. The van der Waals surface area contributed by atoms with Gasteiger partial charge >= 0.3 is 0 Å². The highest BCUT2D eigenvalue weighted by molar-refractivity contribution is 9.13. The fraction of sp³-hybridized carbons (Fsp3) is 0.143. The molecule has 0 atom stereocenters. The number of halogens is 8. The van der Waals surface area contributed by atoms with Gasteiger partial charge in [0.25, 0.3) is 0 Å². The minimum absolute atomic E-state index is 0.275. The van der Waals surface area contributed by atoms with Gasteiger partial charge in [-0.25, -0.2) is 8.78 Å². The van der Waals surface area contributed by atoms with Gasteiger partial charge in [-0.15, -0.1) is 0 Å². The molecule has 0 fully saturated rings. The first-order chi connectivity index (χ1) is 10.2. The van der Waals surface area contributed by atoms with Gasteiger partial charge in [-0.2, -0.15) is 0 Å². The third-order valence-corrected chi connectivity index (χ3v) is 7.92. The normalized spacial score (nSPS) is 10.2. The fourth-order valence-electron chi connectivity index (χ4n) is 1.40. The summed E-state index contributed by atoms with van der Waals surface area (Å²) < 4.78 is 29.5. The maximum atomic E-state index is 13.0. The Labute approximate surface area is 178 Å². The molecule has 2 aromatic rings. The lowest BCUT2D eigenvalue weighted by Gasteiger charge is -2.03. The summed E-state index contributed by atoms with van der Waals surface area (Å²) >= 11 is 19.3. The molecule has 120 valence electrons. The van der Waals surface area contributed by atoms with Crippen LogP contribution in [0.25, 0.3) is 0 Å². The smallest absolute Gasteiger partial charge is 0.152 e. The van der Waals surface area contributed by atoms with E-state index in [-0.39, 0.29) is 5.82 Å². The fourth-order valence-corrected chi connectivity index (χ4v) is 4.67. The predicted octanol–water partition coefficient (Wildman–Crippen LogP) is 8.87. The summed E-state index contributed by atoms with van der Waals surface area (Å²) in [6.07, 6.45) is 0. The van der Waals surface area contributed by atoms with Crippen molar-refractivity contribution in [1.82, 2.24) is 0 Å². The largest absolute Gasteiger partial charge is 0.246 e. The zero-order valence-corrected chi connectivity index (χ0v) is 20.5. The molecule has 0 saturated heterocycles. The van der Waals surface area contributed by atoms with Crippen molar-refractivity contribution in [3.63, 3.8) is 0 Å². The van der Waals surface area contributed by atoms with Crippen LogP contribution in [0.15, 0.2) is 45.0 Å². The first-order valence-corrected chi connectivity index (χ1v) is 10.4. The van der Waals surface area contributed by atoms with E-state index in [1.807, 2.05) is 13.0 Å². The molecule has 0 spiro atoms. The van der Waals surface area contributed by atoms with Gasteiger partial charge in [0, 0.05) is 17.9 Å². The van der Waals surface area contributed by atoms with Crippen LogP contribution in [0.1, 0.15) is 11.1 Å². The van der Waals surface area contributed by atoms with Crippen molar-refractivity contribution in [2.24, 2.45) is 0 Å². The molecule has 0 bridgehead atoms. The highest BCUT2D eigenvalue weighted by Crippen LogP contribution is 2.33. The molecule has 0 saturated carbocycles. The molecule has 22 heavy (non-hydrogen) atoms. The van der Waals surface area contributed by atoms with E-state index >= 15 is 0 Å². The third kappa shape index (κ3) is 5.62. The highest BCUT2D eigenvalue weighted by Gasteiger charge is 2.10. The van der Waals surface area contributed by atoms with Gasteiger partial charge in [0.1, 0.15) is 6.67 Å². The molecular formula is C14H8Br6F2. The number of hydrogen-bond donors (Lipinski definition) is 0. The lowest BCUT2D eigenvalue weighted by atomic mass is 10.2. The molecule has 2 aromatic carbocycles. The van der Waals surface area contributed by atoms with E-state index < -0.39 is 6.67 Å². The van der Waals surface area contributed by atoms with E-state index in [4.69, 9.17) is 0 Å². The van der Waals surface area contributed by atoms with Crippen LogP contribution in [0, 0.1) is 12.7 Å². The van der Waals surface area contributed by atoms with Gasteiger partial charge in [-0.1, -0.05) is 15.9 Å². The summed E-state index contributed by atoms with van der Waals surface area (Å²) in [5.41, 5.74) is 1.64. The summed E-state index contributed by atoms with van der Waals surface area (Å²) in [6, 6.07) is 5.34. The van der Waals surface area contributed by atoms with Gasteiger partial charge in [0.15, 0.2) is 5.82 Å². The van der Waals surface area contributed by atoms with Crippen LogP contribution in [0.2, 0.25) is 0 Å². The Kier molecular flexibility index (Phi) is 9.27. The predicted molar refractivity (Wildman–Crippen MR) is 109 cm³/mol. The molecular weight excluding hydrogens is 686 g/mol. The molecule has 0 aliphatic carbocycles. The van der Waals surface area contributed by atoms with Crippen LogP contribution in [0.4, 0.5) is 8.78 Å². The van der Waals surface area contributed by atoms with Crippen LogP contribution in [0.5, 0.6) is 0 Å². The van der Waals surface area contributed by atoms with Crippen LogP contribution in [0.3, 0.4) is 0 Å². The Morgan fingerprint density at radius 2 is 1.41 bits per heavy atom. The number of rotatable bonds is 1. The lowest BCUT2D eigenvalue weighted by Crippen LogP contribution is -1.85. The SMILES string of the molecule is Cc1cc(Br)c(F)c(Br)c1Br.FCc1cc(Br)cc(Br)c1Br. The van der Waals surface area contributed by atoms with Crippen LogP contribution < -0.4 is 0 Å². The topological polar surface area (TPSA) is 0 Å². The Bertz CT molecular complexity index is 662. The van der Waals surface area contributed by atoms with Gasteiger partial charge < -0.3 is 0 Å². The van der Waals surface area contributed by atoms with E-state index in [1.165, 1.54) is 0 Å². The zero-order chi connectivity index (χ0) is 17.0. The quantitative estimate of drug-likeness (QED) is 0.207. The van der Waals surface area contributed by atoms with E-state index in [0.717, 1.165) is 23.5 Å². The molecule has 0 aromatic heterocycles. The second-order valence-corrected chi connectivity index (χ2v) is 9.11. The Morgan fingerprint density at radius 3 is 1.95 bits per heavy atom. The second kappa shape index (κ2) is 9.61. The molecule has 8 heteroatoms. The lowest BCUT2D eigenvalue weighted by molar-refractivity contribution is 0.483. The summed E-state index contributed by atoms with van der Waals surface area (Å²) in [7, 11) is 0. The second-order valence-electron chi connectivity index (χ2n) is 4.11. The van der Waals surface area contributed by atoms with Crippen molar-refractivity contribution in [3.05, 3.63) is 62.0 Å². The molecule has 0 aliphatic rings. The average Bonchev–Trinajstić information content (AvgIpc) is 2.47. The maximum Gasteiger partial charge on any atom is 0.152 e. The van der Waals surface area contributed by atoms with E-state index in [1.54, 1.807) is 12.1 Å². The molecule has 0 unspecified atom stereocenters. The maximum absolute atomic E-state index is 13.0. The van der Waals surface area contributed by atoms with Crippen molar-refractivity contribution in [2.45, 2.75) is 13.6 Å². The summed E-state index contributed by atoms with van der Waals surface area (Å²) in [6.45, 7) is 1.44. The Balaban J connectivity index is 0.000000220. The summed E-state index contributed by atoms with van der Waals surface area (Å²) in [4.78, 5) is 0. The first kappa shape index (κ1) is 21.2. The Hall–Kier alpha value is 1.18. The van der Waals surface area contributed by atoms with Gasteiger partial charge in [-0.3, -0.25) is 0 Å². The van der Waals surface area contributed by atoms with Crippen molar-refractivity contribution in [3.8, 4) is 0 Å². The summed E-state index contributed by atoms with van der Waals surface area (Å²) in [5.74, 6) is -0.275. The minimum atomic E-state index is -0.460. The van der Waals surface area contributed by atoms with E-state index in [9.17, 15) is 8.78 Å². The standard InChI is InChI=1S/2C7H4Br3F/c8-5-1-4(3-11)7(10)6(9)2-5;1-3-2-4(8)7(11)6(10)5(3)9/h1-2H,3H2;2H,1H3. The minimum Gasteiger partial charge on any atom is -0.246 e. The van der Waals surface area contributed by atoms with Crippen LogP contribution in [-0.4, -0.2) is 0 Å². The molecule has 0 N–H and O–H groups in total. The molecule has 0 heterocycles. The molecule has 0 radical (unpaired) electrons. The molecule has 0 amide bonds. The Morgan fingerprint density at radius 1 is 0.818 bits per heavy atom. The van der Waals surface area contributed by atoms with Gasteiger partial charge in [0.05, 0.1) is 8.95 Å². The van der Waals surface area contributed by atoms with Crippen molar-refractivity contribution in [1.29, 1.82) is 0 Å². The van der Waals surface area contributed by atoms with Crippen LogP contribution >= 0.6 is 95.6 Å². The number of hydrogen-bond acceptors (Lipinski definition) is 0. The molecule has 0 nitrogen and oxygen atoms in total. The highest BCUT2D eigenvalue weighted by atomic mass is 79.9. The number of alkyl halides is 1. The van der Waals surface area contributed by atoms with Crippen molar-refractivity contribution < 1.29 is 8.78 Å². The molecule has 0 aliphatic heterocycles. The van der Waals surface area contributed by atoms with Crippen molar-refractivity contribution >= 4 is 95.6 Å². The van der Waals surface area contributed by atoms with Gasteiger partial charge in [-0.05, 0) is 116 Å². The molecule has 2 rings (SSSR count). The van der Waals surface area contributed by atoms with Gasteiger partial charge in [0.2, 0.25) is 0 Å². The van der Waals surface area contributed by atoms with Crippen LogP contribution in [-0.2, 0) is 6.67 Å². The number of benzene rings is 2. The average molecular weight is 694 g/mol. The number of aryl methyl sites for hydroxylation is 1. The zero-order valence-electron chi connectivity index (χ0n) is 11.0. The van der Waals surface area contributed by atoms with E-state index in [0.29, 0.717) is 14.5 Å². The summed E-state index contributed by atoms with van der Waals surface area (Å²) in [5, 5.41) is 0.